The molecule has 5 heteroatoms. The molecule has 4 N–H and O–H groups in total. The van der Waals surface area contributed by atoms with Crippen molar-refractivity contribution in [1.82, 2.24) is 15.3 Å². The Hall–Kier alpha value is -2.66. The minimum Gasteiger partial charge on any atom is -0.346 e. The van der Waals surface area contributed by atoms with Crippen LogP contribution in [0.1, 0.15) is 34.1 Å². The van der Waals surface area contributed by atoms with Crippen LogP contribution < -0.4 is 11.1 Å². The van der Waals surface area contributed by atoms with E-state index in [0.717, 1.165) is 29.4 Å². The fraction of sp³-hybridized carbons (Fsp3) is 0.222. The van der Waals surface area contributed by atoms with Crippen LogP contribution in [-0.4, -0.2) is 21.9 Å². The lowest BCUT2D eigenvalue weighted by Crippen LogP contribution is -2.45. The zero-order chi connectivity index (χ0) is 15.8. The Morgan fingerprint density at radius 2 is 2.13 bits per heavy atom. The van der Waals surface area contributed by atoms with Gasteiger partial charge in [0.05, 0.1) is 6.04 Å². The molecule has 2 aromatic heterocycles. The predicted molar refractivity (Wildman–Crippen MR) is 89.0 cm³/mol. The molecule has 0 radical (unpaired) electrons. The van der Waals surface area contributed by atoms with Crippen molar-refractivity contribution in [3.63, 3.8) is 0 Å². The number of hydrogen-bond donors (Lipinski definition) is 3. The minimum atomic E-state index is -0.175. The number of pyridine rings is 1. The molecule has 5 nitrogen and oxygen atoms in total. The van der Waals surface area contributed by atoms with Crippen molar-refractivity contribution in [1.29, 1.82) is 0 Å². The Labute approximate surface area is 133 Å². The molecular weight excluding hydrogens is 288 g/mol. The normalized spacial score (nSPS) is 20.2. The number of amides is 1. The minimum absolute atomic E-state index is 0.0585. The SMILES string of the molecule is N[C@@H]1c2ccccc2CC[C@@H]1NC(=O)c1cc2cccnc2[nH]1. The Kier molecular flexibility index (Phi) is 3.35. The summed E-state index contributed by atoms with van der Waals surface area (Å²) in [4.78, 5) is 19.8. The van der Waals surface area contributed by atoms with Gasteiger partial charge in [-0.1, -0.05) is 24.3 Å². The summed E-state index contributed by atoms with van der Waals surface area (Å²) in [7, 11) is 0. The lowest BCUT2D eigenvalue weighted by atomic mass is 9.84. The average Bonchev–Trinajstić information content (AvgIpc) is 3.02. The highest BCUT2D eigenvalue weighted by Crippen LogP contribution is 2.28. The molecule has 0 spiro atoms. The zero-order valence-corrected chi connectivity index (χ0v) is 12.6. The molecule has 0 bridgehead atoms. The van der Waals surface area contributed by atoms with Gasteiger partial charge in [0.25, 0.3) is 5.91 Å². The third-order valence-corrected chi connectivity index (χ3v) is 4.53. The molecule has 2 heterocycles. The monoisotopic (exact) mass is 306 g/mol. The van der Waals surface area contributed by atoms with E-state index in [-0.39, 0.29) is 18.0 Å². The molecule has 0 aliphatic heterocycles. The number of benzene rings is 1. The highest BCUT2D eigenvalue weighted by atomic mass is 16.1. The maximum atomic E-state index is 12.5. The summed E-state index contributed by atoms with van der Waals surface area (Å²) >= 11 is 0. The smallest absolute Gasteiger partial charge is 0.268 e. The largest absolute Gasteiger partial charge is 0.346 e. The standard InChI is InChI=1S/C18H18N4O/c19-16-13-6-2-1-4-11(13)7-8-14(16)22-18(23)15-10-12-5-3-9-20-17(12)21-15/h1-6,9-10,14,16H,7-8,19H2,(H,20,21)(H,22,23)/t14-,16+/m0/s1. The van der Waals surface area contributed by atoms with Crippen LogP contribution in [0, 0.1) is 0 Å². The van der Waals surface area contributed by atoms with Gasteiger partial charge in [-0.3, -0.25) is 4.79 Å². The van der Waals surface area contributed by atoms with Crippen LogP contribution in [0.3, 0.4) is 0 Å². The summed E-state index contributed by atoms with van der Waals surface area (Å²) in [5.41, 5.74) is 10.00. The molecule has 1 aliphatic carbocycles. The summed E-state index contributed by atoms with van der Waals surface area (Å²) in [6.45, 7) is 0. The van der Waals surface area contributed by atoms with Crippen molar-refractivity contribution in [2.75, 3.05) is 0 Å². The van der Waals surface area contributed by atoms with Gasteiger partial charge in [0.2, 0.25) is 0 Å². The molecule has 0 saturated heterocycles. The molecule has 1 amide bonds. The number of aromatic amines is 1. The Morgan fingerprint density at radius 3 is 3.00 bits per heavy atom. The van der Waals surface area contributed by atoms with Gasteiger partial charge in [-0.05, 0) is 42.2 Å². The van der Waals surface area contributed by atoms with Gasteiger partial charge in [0.15, 0.2) is 0 Å². The molecule has 23 heavy (non-hydrogen) atoms. The highest BCUT2D eigenvalue weighted by Gasteiger charge is 2.28. The molecule has 0 fully saturated rings. The molecule has 116 valence electrons. The first-order valence-electron chi connectivity index (χ1n) is 7.80. The number of fused-ring (bicyclic) bond motifs is 2. The number of nitrogens with one attached hydrogen (secondary N) is 2. The van der Waals surface area contributed by atoms with Gasteiger partial charge in [-0.15, -0.1) is 0 Å². The Balaban J connectivity index is 1.55. The van der Waals surface area contributed by atoms with Crippen LogP contribution in [0.4, 0.5) is 0 Å². The third-order valence-electron chi connectivity index (χ3n) is 4.53. The number of aromatic nitrogens is 2. The number of carbonyl (C=O) groups is 1. The van der Waals surface area contributed by atoms with E-state index in [1.165, 1.54) is 5.56 Å². The van der Waals surface area contributed by atoms with E-state index in [1.54, 1.807) is 6.20 Å². The first kappa shape index (κ1) is 14.0. The maximum absolute atomic E-state index is 12.5. The fourth-order valence-corrected chi connectivity index (χ4v) is 3.28. The number of H-pyrrole nitrogens is 1. The maximum Gasteiger partial charge on any atom is 0.268 e. The summed E-state index contributed by atoms with van der Waals surface area (Å²) in [5.74, 6) is -0.136. The quantitative estimate of drug-likeness (QED) is 0.679. The number of nitrogens with zero attached hydrogens (tertiary/aromatic N) is 1. The van der Waals surface area contributed by atoms with Crippen LogP contribution in [0.15, 0.2) is 48.7 Å². The van der Waals surface area contributed by atoms with Crippen LogP contribution >= 0.6 is 0 Å². The van der Waals surface area contributed by atoms with E-state index >= 15 is 0 Å². The molecule has 4 rings (SSSR count). The topological polar surface area (TPSA) is 83.8 Å². The van der Waals surface area contributed by atoms with E-state index < -0.39 is 0 Å². The van der Waals surface area contributed by atoms with Crippen molar-refractivity contribution in [2.45, 2.75) is 24.9 Å². The van der Waals surface area contributed by atoms with E-state index in [4.69, 9.17) is 5.73 Å². The predicted octanol–water partition coefficient (Wildman–Crippen LogP) is 2.31. The highest BCUT2D eigenvalue weighted by molar-refractivity contribution is 5.97. The van der Waals surface area contributed by atoms with Gasteiger partial charge >= 0.3 is 0 Å². The first-order chi connectivity index (χ1) is 11.2. The second kappa shape index (κ2) is 5.52. The Morgan fingerprint density at radius 1 is 1.26 bits per heavy atom. The lowest BCUT2D eigenvalue weighted by molar-refractivity contribution is 0.0922. The summed E-state index contributed by atoms with van der Waals surface area (Å²) in [6.07, 6.45) is 3.49. The van der Waals surface area contributed by atoms with Crippen molar-refractivity contribution in [3.05, 3.63) is 65.5 Å². The molecule has 1 aromatic carbocycles. The van der Waals surface area contributed by atoms with Gasteiger partial charge in [0, 0.05) is 17.6 Å². The number of nitrogens with two attached hydrogens (primary N) is 1. The van der Waals surface area contributed by atoms with E-state index in [9.17, 15) is 4.79 Å². The lowest BCUT2D eigenvalue weighted by Gasteiger charge is -2.31. The van der Waals surface area contributed by atoms with E-state index in [1.807, 2.05) is 36.4 Å². The molecule has 3 aromatic rings. The Bertz CT molecular complexity index is 837. The summed E-state index contributed by atoms with van der Waals surface area (Å²) < 4.78 is 0. The fourth-order valence-electron chi connectivity index (χ4n) is 3.28. The van der Waals surface area contributed by atoms with Crippen molar-refractivity contribution in [2.24, 2.45) is 5.73 Å². The molecular formula is C18H18N4O. The van der Waals surface area contributed by atoms with Crippen LogP contribution in [0.2, 0.25) is 0 Å². The second-order valence-corrected chi connectivity index (χ2v) is 5.97. The molecule has 0 unspecified atom stereocenters. The molecule has 0 saturated carbocycles. The number of aryl methyl sites for hydroxylation is 1. The van der Waals surface area contributed by atoms with Gasteiger partial charge in [-0.2, -0.15) is 0 Å². The average molecular weight is 306 g/mol. The number of hydrogen-bond acceptors (Lipinski definition) is 3. The van der Waals surface area contributed by atoms with E-state index in [0.29, 0.717) is 5.69 Å². The van der Waals surface area contributed by atoms with Crippen molar-refractivity contribution in [3.8, 4) is 0 Å². The van der Waals surface area contributed by atoms with Crippen molar-refractivity contribution >= 4 is 16.9 Å². The summed E-state index contributed by atoms with van der Waals surface area (Å²) in [5, 5.41) is 3.99. The van der Waals surface area contributed by atoms with Gasteiger partial charge in [0.1, 0.15) is 11.3 Å². The molecule has 2 atom stereocenters. The van der Waals surface area contributed by atoms with Gasteiger partial charge < -0.3 is 16.0 Å². The number of rotatable bonds is 2. The summed E-state index contributed by atoms with van der Waals surface area (Å²) in [6, 6.07) is 13.5. The van der Waals surface area contributed by atoms with Crippen molar-refractivity contribution < 1.29 is 4.79 Å². The number of carbonyl (C=O) groups excluding carboxylic acids is 1. The van der Waals surface area contributed by atoms with Crippen LogP contribution in [0.5, 0.6) is 0 Å². The first-order valence-corrected chi connectivity index (χ1v) is 7.80. The van der Waals surface area contributed by atoms with Gasteiger partial charge in [-0.25, -0.2) is 4.98 Å². The van der Waals surface area contributed by atoms with Crippen LogP contribution in [-0.2, 0) is 6.42 Å². The van der Waals surface area contributed by atoms with E-state index in [2.05, 4.69) is 21.4 Å². The zero-order valence-electron chi connectivity index (χ0n) is 12.6. The second-order valence-electron chi connectivity index (χ2n) is 5.97. The third kappa shape index (κ3) is 2.49. The molecule has 1 aliphatic rings. The van der Waals surface area contributed by atoms with Crippen LogP contribution in [0.25, 0.3) is 11.0 Å².